The Morgan fingerprint density at radius 1 is 1.33 bits per heavy atom. The van der Waals surface area contributed by atoms with Crippen LogP contribution in [0.2, 0.25) is 0 Å². The summed E-state index contributed by atoms with van der Waals surface area (Å²) in [7, 11) is 0. The Bertz CT molecular complexity index is 526. The molecule has 1 aromatic heterocycles. The number of hydrogen-bond acceptors (Lipinski definition) is 3. The van der Waals surface area contributed by atoms with Gasteiger partial charge < -0.3 is 5.32 Å². The molecule has 1 aromatic carbocycles. The zero-order chi connectivity index (χ0) is 13.2. The molecule has 96 valence electrons. The number of aromatic nitrogens is 1. The summed E-state index contributed by atoms with van der Waals surface area (Å²) in [6, 6.07) is 3.50. The minimum absolute atomic E-state index is 0.392. The Kier molecular flexibility index (Phi) is 3.91. The van der Waals surface area contributed by atoms with Crippen LogP contribution >= 0.6 is 27.3 Å². The summed E-state index contributed by atoms with van der Waals surface area (Å²) in [5, 5.41) is 4.77. The molecule has 0 saturated heterocycles. The SMILES string of the molecule is FC(F)(F)c1ccc(Br)c(NCc2cscn2)c1. The van der Waals surface area contributed by atoms with E-state index in [9.17, 15) is 13.2 Å². The van der Waals surface area contributed by atoms with Crippen LogP contribution in [0.1, 0.15) is 11.3 Å². The van der Waals surface area contributed by atoms with Crippen LogP contribution in [0.5, 0.6) is 0 Å². The van der Waals surface area contributed by atoms with E-state index in [1.807, 2.05) is 5.38 Å². The molecule has 0 aliphatic rings. The summed E-state index contributed by atoms with van der Waals surface area (Å²) < 4.78 is 38.3. The lowest BCUT2D eigenvalue weighted by molar-refractivity contribution is -0.137. The van der Waals surface area contributed by atoms with E-state index in [1.54, 1.807) is 5.51 Å². The predicted molar refractivity (Wildman–Crippen MR) is 68.6 cm³/mol. The topological polar surface area (TPSA) is 24.9 Å². The Morgan fingerprint density at radius 2 is 2.11 bits per heavy atom. The fourth-order valence-corrected chi connectivity index (χ4v) is 2.29. The maximum Gasteiger partial charge on any atom is 0.416 e. The van der Waals surface area contributed by atoms with Gasteiger partial charge in [-0.25, -0.2) is 4.98 Å². The molecule has 0 atom stereocenters. The number of benzene rings is 1. The lowest BCUT2D eigenvalue weighted by Crippen LogP contribution is -2.07. The minimum atomic E-state index is -4.34. The second kappa shape index (κ2) is 5.27. The van der Waals surface area contributed by atoms with Crippen molar-refractivity contribution in [3.63, 3.8) is 0 Å². The number of hydrogen-bond donors (Lipinski definition) is 1. The molecular weight excluding hydrogens is 329 g/mol. The Hall–Kier alpha value is -1.08. The number of nitrogens with zero attached hydrogens (tertiary/aromatic N) is 1. The largest absolute Gasteiger partial charge is 0.416 e. The summed E-state index contributed by atoms with van der Waals surface area (Å²) in [6.07, 6.45) is -4.34. The third-order valence-corrected chi connectivity index (χ3v) is 3.56. The highest BCUT2D eigenvalue weighted by atomic mass is 79.9. The van der Waals surface area contributed by atoms with Gasteiger partial charge in [0.05, 0.1) is 23.3 Å². The minimum Gasteiger partial charge on any atom is -0.378 e. The van der Waals surface area contributed by atoms with Crippen LogP contribution in [0.4, 0.5) is 18.9 Å². The monoisotopic (exact) mass is 336 g/mol. The second-order valence-electron chi connectivity index (χ2n) is 3.53. The Morgan fingerprint density at radius 3 is 2.72 bits per heavy atom. The van der Waals surface area contributed by atoms with E-state index < -0.39 is 11.7 Å². The highest BCUT2D eigenvalue weighted by molar-refractivity contribution is 9.10. The van der Waals surface area contributed by atoms with E-state index >= 15 is 0 Å². The van der Waals surface area contributed by atoms with Crippen molar-refractivity contribution in [3.8, 4) is 0 Å². The summed E-state index contributed by atoms with van der Waals surface area (Å²) in [5.74, 6) is 0. The fourth-order valence-electron chi connectivity index (χ4n) is 1.35. The van der Waals surface area contributed by atoms with Crippen molar-refractivity contribution >= 4 is 33.0 Å². The maximum absolute atomic E-state index is 12.6. The molecule has 2 aromatic rings. The van der Waals surface area contributed by atoms with Crippen molar-refractivity contribution < 1.29 is 13.2 Å². The van der Waals surface area contributed by atoms with E-state index in [-0.39, 0.29) is 0 Å². The molecule has 0 saturated carbocycles. The summed E-state index contributed by atoms with van der Waals surface area (Å²) in [4.78, 5) is 4.05. The van der Waals surface area contributed by atoms with Crippen LogP contribution in [0.15, 0.2) is 33.6 Å². The van der Waals surface area contributed by atoms with Crippen LogP contribution in [0, 0.1) is 0 Å². The molecule has 0 aliphatic carbocycles. The number of alkyl halides is 3. The third kappa shape index (κ3) is 3.23. The van der Waals surface area contributed by atoms with Crippen molar-refractivity contribution in [1.29, 1.82) is 0 Å². The van der Waals surface area contributed by atoms with Gasteiger partial charge in [-0.05, 0) is 34.1 Å². The first kappa shape index (κ1) is 13.4. The number of anilines is 1. The van der Waals surface area contributed by atoms with Crippen LogP contribution in [-0.2, 0) is 12.7 Å². The molecule has 18 heavy (non-hydrogen) atoms. The molecule has 0 spiro atoms. The van der Waals surface area contributed by atoms with Gasteiger partial charge in [0.2, 0.25) is 0 Å². The summed E-state index contributed by atoms with van der Waals surface area (Å²) >= 11 is 4.66. The number of thiazole rings is 1. The van der Waals surface area contributed by atoms with Gasteiger partial charge in [0.15, 0.2) is 0 Å². The lowest BCUT2D eigenvalue weighted by atomic mass is 10.2. The molecule has 2 rings (SSSR count). The van der Waals surface area contributed by atoms with Gasteiger partial charge in [-0.3, -0.25) is 0 Å². The normalized spacial score (nSPS) is 11.6. The number of halogens is 4. The van der Waals surface area contributed by atoms with Crippen LogP contribution < -0.4 is 5.32 Å². The van der Waals surface area contributed by atoms with Crippen LogP contribution in [-0.4, -0.2) is 4.98 Å². The first-order valence-corrected chi connectivity index (χ1v) is 6.68. The molecule has 1 N–H and O–H groups in total. The molecule has 2 nitrogen and oxygen atoms in total. The smallest absolute Gasteiger partial charge is 0.378 e. The van der Waals surface area contributed by atoms with E-state index in [4.69, 9.17) is 0 Å². The third-order valence-electron chi connectivity index (χ3n) is 2.24. The van der Waals surface area contributed by atoms with Gasteiger partial charge in [0, 0.05) is 15.5 Å². The van der Waals surface area contributed by atoms with E-state index in [0.29, 0.717) is 16.7 Å². The van der Waals surface area contributed by atoms with Crippen molar-refractivity contribution in [1.82, 2.24) is 4.98 Å². The number of rotatable bonds is 3. The molecule has 7 heteroatoms. The molecular formula is C11H8BrF3N2S. The standard InChI is InChI=1S/C11H8BrF3N2S/c12-9-2-1-7(11(13,14)15)3-10(9)16-4-8-5-18-6-17-8/h1-3,5-6,16H,4H2. The van der Waals surface area contributed by atoms with Crippen molar-refractivity contribution in [2.45, 2.75) is 12.7 Å². The molecule has 1 heterocycles. The Labute approximate surface area is 114 Å². The van der Waals surface area contributed by atoms with Gasteiger partial charge in [-0.15, -0.1) is 11.3 Å². The van der Waals surface area contributed by atoms with E-state index in [1.165, 1.54) is 17.4 Å². The maximum atomic E-state index is 12.6. The average Bonchev–Trinajstić information content (AvgIpc) is 2.79. The molecule has 0 fully saturated rings. The second-order valence-corrected chi connectivity index (χ2v) is 5.10. The van der Waals surface area contributed by atoms with Gasteiger partial charge in [-0.2, -0.15) is 13.2 Å². The molecule has 0 aliphatic heterocycles. The van der Waals surface area contributed by atoms with E-state index in [2.05, 4.69) is 26.2 Å². The first-order valence-electron chi connectivity index (χ1n) is 4.94. The zero-order valence-electron chi connectivity index (χ0n) is 8.96. The van der Waals surface area contributed by atoms with Crippen molar-refractivity contribution in [2.24, 2.45) is 0 Å². The zero-order valence-corrected chi connectivity index (χ0v) is 11.4. The van der Waals surface area contributed by atoms with Gasteiger partial charge >= 0.3 is 6.18 Å². The molecule has 0 bridgehead atoms. The summed E-state index contributed by atoms with van der Waals surface area (Å²) in [5.41, 5.74) is 2.20. The highest BCUT2D eigenvalue weighted by Gasteiger charge is 2.30. The molecule has 0 unspecified atom stereocenters. The average molecular weight is 337 g/mol. The fraction of sp³-hybridized carbons (Fsp3) is 0.182. The summed E-state index contributed by atoms with van der Waals surface area (Å²) in [6.45, 7) is 0.392. The van der Waals surface area contributed by atoms with Crippen LogP contribution in [0.25, 0.3) is 0 Å². The van der Waals surface area contributed by atoms with Crippen molar-refractivity contribution in [3.05, 3.63) is 44.8 Å². The highest BCUT2D eigenvalue weighted by Crippen LogP contribution is 2.34. The van der Waals surface area contributed by atoms with Gasteiger partial charge in [0.1, 0.15) is 0 Å². The predicted octanol–water partition coefficient (Wildman–Crippen LogP) is 4.54. The molecule has 0 radical (unpaired) electrons. The van der Waals surface area contributed by atoms with E-state index in [0.717, 1.165) is 17.8 Å². The van der Waals surface area contributed by atoms with Crippen LogP contribution in [0.3, 0.4) is 0 Å². The number of nitrogens with one attached hydrogen (secondary N) is 1. The Balaban J connectivity index is 2.16. The first-order chi connectivity index (χ1) is 8.47. The molecule has 0 amide bonds. The van der Waals surface area contributed by atoms with Gasteiger partial charge in [-0.1, -0.05) is 0 Å². The van der Waals surface area contributed by atoms with Crippen molar-refractivity contribution in [2.75, 3.05) is 5.32 Å². The lowest BCUT2D eigenvalue weighted by Gasteiger charge is -2.11. The quantitative estimate of drug-likeness (QED) is 0.890. The van der Waals surface area contributed by atoms with Gasteiger partial charge in [0.25, 0.3) is 0 Å².